The van der Waals surface area contributed by atoms with Crippen LogP contribution in [0.15, 0.2) is 29.0 Å². The van der Waals surface area contributed by atoms with Crippen LogP contribution in [0.1, 0.15) is 39.0 Å². The molecule has 3 heteroatoms. The number of rotatable bonds is 4. The second-order valence-corrected chi connectivity index (χ2v) is 4.24. The Balaban J connectivity index is 2.62. The molecule has 0 amide bonds. The van der Waals surface area contributed by atoms with Crippen molar-refractivity contribution in [2.24, 2.45) is 10.7 Å². The molecule has 1 saturated carbocycles. The highest BCUT2D eigenvalue weighted by atomic mass is 16.3. The van der Waals surface area contributed by atoms with Crippen LogP contribution < -0.4 is 5.73 Å². The van der Waals surface area contributed by atoms with Crippen molar-refractivity contribution in [1.29, 1.82) is 0 Å². The molecule has 90 valence electrons. The van der Waals surface area contributed by atoms with E-state index in [4.69, 9.17) is 5.73 Å². The zero-order valence-electron chi connectivity index (χ0n) is 10.1. The van der Waals surface area contributed by atoms with Crippen molar-refractivity contribution in [1.82, 2.24) is 0 Å². The van der Waals surface area contributed by atoms with Gasteiger partial charge in [-0.3, -0.25) is 4.99 Å². The van der Waals surface area contributed by atoms with Crippen LogP contribution in [-0.4, -0.2) is 23.4 Å². The van der Waals surface area contributed by atoms with Crippen molar-refractivity contribution in [3.63, 3.8) is 0 Å². The first kappa shape index (κ1) is 13.0. The summed E-state index contributed by atoms with van der Waals surface area (Å²) in [7, 11) is 0. The van der Waals surface area contributed by atoms with Crippen molar-refractivity contribution in [2.45, 2.75) is 45.1 Å². The fourth-order valence-electron chi connectivity index (χ4n) is 1.93. The molecule has 0 radical (unpaired) electrons. The van der Waals surface area contributed by atoms with Gasteiger partial charge in [0, 0.05) is 17.3 Å². The molecule has 1 aliphatic rings. The minimum atomic E-state index is 0.114. The molecule has 3 N–H and O–H groups in total. The monoisotopic (exact) mass is 222 g/mol. The highest BCUT2D eigenvalue weighted by Crippen LogP contribution is 2.15. The van der Waals surface area contributed by atoms with Gasteiger partial charge in [-0.1, -0.05) is 26.0 Å². The summed E-state index contributed by atoms with van der Waals surface area (Å²) in [5, 5.41) is 9.38. The molecule has 0 bridgehead atoms. The fraction of sp³-hybridized carbons (Fsp3) is 0.615. The van der Waals surface area contributed by atoms with E-state index in [1.807, 2.05) is 13.0 Å². The van der Waals surface area contributed by atoms with E-state index < -0.39 is 0 Å². The molecule has 1 rings (SSSR count). The first-order valence-electron chi connectivity index (χ1n) is 6.01. The van der Waals surface area contributed by atoms with Gasteiger partial charge < -0.3 is 10.8 Å². The summed E-state index contributed by atoms with van der Waals surface area (Å²) in [6.07, 6.45) is 7.25. The van der Waals surface area contributed by atoms with E-state index in [9.17, 15) is 5.11 Å². The van der Waals surface area contributed by atoms with Gasteiger partial charge in [-0.15, -0.1) is 0 Å². The SMILES string of the molecule is C=C(O)/C(=C\CC)CN=C1CCCCC1N. The van der Waals surface area contributed by atoms with Crippen molar-refractivity contribution >= 4 is 5.71 Å². The summed E-state index contributed by atoms with van der Waals surface area (Å²) in [6, 6.07) is 0.114. The molecule has 16 heavy (non-hydrogen) atoms. The van der Waals surface area contributed by atoms with Gasteiger partial charge in [0.2, 0.25) is 0 Å². The molecule has 0 saturated heterocycles. The molecule has 1 atom stereocenters. The molecular weight excluding hydrogens is 200 g/mol. The van der Waals surface area contributed by atoms with Crippen molar-refractivity contribution in [3.05, 3.63) is 24.0 Å². The van der Waals surface area contributed by atoms with E-state index in [1.165, 1.54) is 12.8 Å². The lowest BCUT2D eigenvalue weighted by Crippen LogP contribution is -2.33. The molecule has 0 aromatic carbocycles. The first-order valence-corrected chi connectivity index (χ1v) is 6.01. The van der Waals surface area contributed by atoms with E-state index in [0.717, 1.165) is 30.5 Å². The predicted molar refractivity (Wildman–Crippen MR) is 68.9 cm³/mol. The van der Waals surface area contributed by atoms with E-state index in [1.54, 1.807) is 0 Å². The Labute approximate surface area is 97.8 Å². The summed E-state index contributed by atoms with van der Waals surface area (Å²) < 4.78 is 0. The fourth-order valence-corrected chi connectivity index (χ4v) is 1.93. The lowest BCUT2D eigenvalue weighted by atomic mass is 9.94. The Morgan fingerprint density at radius 2 is 2.38 bits per heavy atom. The second-order valence-electron chi connectivity index (χ2n) is 4.24. The molecule has 0 spiro atoms. The van der Waals surface area contributed by atoms with Crippen LogP contribution in [0, 0.1) is 0 Å². The molecule has 1 fully saturated rings. The largest absolute Gasteiger partial charge is 0.508 e. The number of hydrogen-bond donors (Lipinski definition) is 2. The van der Waals surface area contributed by atoms with Gasteiger partial charge in [-0.2, -0.15) is 0 Å². The third-order valence-corrected chi connectivity index (χ3v) is 2.90. The van der Waals surface area contributed by atoms with Gasteiger partial charge in [0.1, 0.15) is 5.76 Å². The smallest absolute Gasteiger partial charge is 0.113 e. The Hall–Kier alpha value is -1.09. The standard InChI is InChI=1S/C13H22N2O/c1-3-6-11(10(2)16)9-15-13-8-5-4-7-12(13)14/h6,12,16H,2-5,7-9,14H2,1H3/b11-6-,15-13?. The molecule has 0 aromatic rings. The number of nitrogens with two attached hydrogens (primary N) is 1. The van der Waals surface area contributed by atoms with Gasteiger partial charge in [-0.25, -0.2) is 0 Å². The second kappa shape index (κ2) is 6.48. The summed E-state index contributed by atoms with van der Waals surface area (Å²) in [4.78, 5) is 4.51. The average Bonchev–Trinajstić information content (AvgIpc) is 2.26. The Morgan fingerprint density at radius 1 is 1.62 bits per heavy atom. The molecule has 0 aromatic heterocycles. The number of hydrogen-bond acceptors (Lipinski definition) is 3. The highest BCUT2D eigenvalue weighted by Gasteiger charge is 2.15. The minimum Gasteiger partial charge on any atom is -0.508 e. The average molecular weight is 222 g/mol. The first-order chi connectivity index (χ1) is 7.65. The third kappa shape index (κ3) is 3.81. The summed E-state index contributed by atoms with van der Waals surface area (Å²) >= 11 is 0. The maximum absolute atomic E-state index is 9.38. The third-order valence-electron chi connectivity index (χ3n) is 2.90. The van der Waals surface area contributed by atoms with Crippen LogP contribution in [0.4, 0.5) is 0 Å². The maximum Gasteiger partial charge on any atom is 0.113 e. The highest BCUT2D eigenvalue weighted by molar-refractivity contribution is 5.90. The minimum absolute atomic E-state index is 0.114. The van der Waals surface area contributed by atoms with Crippen molar-refractivity contribution in [2.75, 3.05) is 6.54 Å². The number of aliphatic hydroxyl groups excluding tert-OH is 1. The van der Waals surface area contributed by atoms with Crippen molar-refractivity contribution in [3.8, 4) is 0 Å². The Morgan fingerprint density at radius 3 is 2.94 bits per heavy atom. The molecule has 3 nitrogen and oxygen atoms in total. The summed E-state index contributed by atoms with van der Waals surface area (Å²) in [5.41, 5.74) is 7.88. The van der Waals surface area contributed by atoms with Gasteiger partial charge >= 0.3 is 0 Å². The number of aliphatic imine (C=N–C) groups is 1. The van der Waals surface area contributed by atoms with E-state index in [0.29, 0.717) is 6.54 Å². The van der Waals surface area contributed by atoms with Crippen LogP contribution in [0.25, 0.3) is 0 Å². The molecule has 0 heterocycles. The molecule has 1 unspecified atom stereocenters. The van der Waals surface area contributed by atoms with Crippen LogP contribution in [-0.2, 0) is 0 Å². The van der Waals surface area contributed by atoms with Crippen LogP contribution in [0.5, 0.6) is 0 Å². The zero-order valence-corrected chi connectivity index (χ0v) is 10.1. The molecule has 1 aliphatic carbocycles. The lowest BCUT2D eigenvalue weighted by Gasteiger charge is -2.20. The van der Waals surface area contributed by atoms with E-state index in [2.05, 4.69) is 11.6 Å². The van der Waals surface area contributed by atoms with Crippen LogP contribution >= 0.6 is 0 Å². The maximum atomic E-state index is 9.38. The Kier molecular flexibility index (Phi) is 5.26. The number of aliphatic hydroxyl groups is 1. The van der Waals surface area contributed by atoms with Gasteiger partial charge in [-0.05, 0) is 25.7 Å². The molecule has 0 aliphatic heterocycles. The summed E-state index contributed by atoms with van der Waals surface area (Å²) in [5.74, 6) is 0.121. The van der Waals surface area contributed by atoms with Gasteiger partial charge in [0.25, 0.3) is 0 Å². The van der Waals surface area contributed by atoms with E-state index in [-0.39, 0.29) is 11.8 Å². The molecular formula is C13H22N2O. The topological polar surface area (TPSA) is 58.6 Å². The quantitative estimate of drug-likeness (QED) is 0.567. The lowest BCUT2D eigenvalue weighted by molar-refractivity contribution is 0.424. The summed E-state index contributed by atoms with van der Waals surface area (Å²) in [6.45, 7) is 6.08. The van der Waals surface area contributed by atoms with Crippen LogP contribution in [0.3, 0.4) is 0 Å². The van der Waals surface area contributed by atoms with E-state index >= 15 is 0 Å². The van der Waals surface area contributed by atoms with Crippen LogP contribution in [0.2, 0.25) is 0 Å². The normalized spacial score (nSPS) is 24.8. The number of allylic oxidation sites excluding steroid dienone is 1. The number of nitrogens with zero attached hydrogens (tertiary/aromatic N) is 1. The zero-order chi connectivity index (χ0) is 12.0. The van der Waals surface area contributed by atoms with Gasteiger partial charge in [0.15, 0.2) is 0 Å². The Bertz CT molecular complexity index is 305. The van der Waals surface area contributed by atoms with Gasteiger partial charge in [0.05, 0.1) is 6.54 Å². The predicted octanol–water partition coefficient (Wildman–Crippen LogP) is 2.74. The van der Waals surface area contributed by atoms with Crippen molar-refractivity contribution < 1.29 is 5.11 Å².